The number of halogens is 2. The summed E-state index contributed by atoms with van der Waals surface area (Å²) in [4.78, 5) is 4.45. The topological polar surface area (TPSA) is 38.1 Å². The van der Waals surface area contributed by atoms with E-state index in [1.54, 1.807) is 12.1 Å². The van der Waals surface area contributed by atoms with Crippen molar-refractivity contribution in [3.63, 3.8) is 0 Å². The predicted molar refractivity (Wildman–Crippen MR) is 79.0 cm³/mol. The SMILES string of the molecule is CNc1ccc2oc(-c3ccc(Cl)c(Cl)c3)nc2c1. The molecule has 0 bridgehead atoms. The van der Waals surface area contributed by atoms with Gasteiger partial charge in [0, 0.05) is 18.3 Å². The van der Waals surface area contributed by atoms with E-state index in [0.29, 0.717) is 15.9 Å². The van der Waals surface area contributed by atoms with Crippen molar-refractivity contribution < 1.29 is 4.42 Å². The second kappa shape index (κ2) is 4.76. The van der Waals surface area contributed by atoms with E-state index in [1.807, 2.05) is 31.3 Å². The van der Waals surface area contributed by atoms with Crippen molar-refractivity contribution in [1.29, 1.82) is 0 Å². The second-order valence-electron chi connectivity index (χ2n) is 4.08. The molecule has 0 fully saturated rings. The molecule has 3 rings (SSSR count). The van der Waals surface area contributed by atoms with Crippen LogP contribution in [0, 0.1) is 0 Å². The molecule has 0 amide bonds. The lowest BCUT2D eigenvalue weighted by Gasteiger charge is -1.97. The average Bonchev–Trinajstić information content (AvgIpc) is 2.84. The Morgan fingerprint density at radius 3 is 2.63 bits per heavy atom. The number of benzene rings is 2. The van der Waals surface area contributed by atoms with Gasteiger partial charge in [-0.05, 0) is 36.4 Å². The van der Waals surface area contributed by atoms with E-state index >= 15 is 0 Å². The highest BCUT2D eigenvalue weighted by Crippen LogP contribution is 2.30. The first-order valence-corrected chi connectivity index (χ1v) is 6.47. The Kier molecular flexibility index (Phi) is 3.09. The summed E-state index contributed by atoms with van der Waals surface area (Å²) in [6.07, 6.45) is 0. The minimum atomic E-state index is 0.484. The Labute approximate surface area is 120 Å². The minimum Gasteiger partial charge on any atom is -0.436 e. The van der Waals surface area contributed by atoms with Gasteiger partial charge in [0.1, 0.15) is 5.52 Å². The quantitative estimate of drug-likeness (QED) is 0.734. The molecule has 96 valence electrons. The third kappa shape index (κ3) is 2.27. The Hall–Kier alpha value is -1.71. The molecular weight excluding hydrogens is 283 g/mol. The number of nitrogens with zero attached hydrogens (tertiary/aromatic N) is 1. The molecular formula is C14H10Cl2N2O. The van der Waals surface area contributed by atoms with Crippen molar-refractivity contribution in [2.45, 2.75) is 0 Å². The zero-order valence-corrected chi connectivity index (χ0v) is 11.6. The summed E-state index contributed by atoms with van der Waals surface area (Å²) in [6, 6.07) is 11.1. The molecule has 1 N–H and O–H groups in total. The summed E-state index contributed by atoms with van der Waals surface area (Å²) in [7, 11) is 1.86. The largest absolute Gasteiger partial charge is 0.436 e. The van der Waals surface area contributed by atoms with Crippen molar-refractivity contribution in [2.24, 2.45) is 0 Å². The molecule has 0 spiro atoms. The van der Waals surface area contributed by atoms with Gasteiger partial charge >= 0.3 is 0 Å². The summed E-state index contributed by atoms with van der Waals surface area (Å²) >= 11 is 11.9. The van der Waals surface area contributed by atoms with Crippen LogP contribution in [0.4, 0.5) is 5.69 Å². The van der Waals surface area contributed by atoms with E-state index < -0.39 is 0 Å². The maximum absolute atomic E-state index is 6.00. The van der Waals surface area contributed by atoms with Crippen LogP contribution >= 0.6 is 23.2 Å². The lowest BCUT2D eigenvalue weighted by molar-refractivity contribution is 0.620. The highest BCUT2D eigenvalue weighted by Gasteiger charge is 2.10. The molecule has 1 aromatic heterocycles. The molecule has 0 atom stereocenters. The number of rotatable bonds is 2. The van der Waals surface area contributed by atoms with Crippen molar-refractivity contribution >= 4 is 40.0 Å². The highest BCUT2D eigenvalue weighted by atomic mass is 35.5. The number of aromatic nitrogens is 1. The molecule has 3 aromatic rings. The summed E-state index contributed by atoms with van der Waals surface area (Å²) in [5.74, 6) is 0.529. The molecule has 1 heterocycles. The van der Waals surface area contributed by atoms with Crippen LogP contribution in [-0.2, 0) is 0 Å². The van der Waals surface area contributed by atoms with Crippen LogP contribution in [0.5, 0.6) is 0 Å². The summed E-state index contributed by atoms with van der Waals surface area (Å²) in [5, 5.41) is 4.06. The van der Waals surface area contributed by atoms with Gasteiger partial charge in [-0.3, -0.25) is 0 Å². The van der Waals surface area contributed by atoms with Crippen LogP contribution in [0.3, 0.4) is 0 Å². The summed E-state index contributed by atoms with van der Waals surface area (Å²) < 4.78 is 5.71. The maximum atomic E-state index is 6.00. The first-order valence-electron chi connectivity index (χ1n) is 5.71. The predicted octanol–water partition coefficient (Wildman–Crippen LogP) is 4.84. The molecule has 3 nitrogen and oxygen atoms in total. The normalized spacial score (nSPS) is 10.9. The molecule has 2 aromatic carbocycles. The van der Waals surface area contributed by atoms with Gasteiger partial charge in [-0.15, -0.1) is 0 Å². The van der Waals surface area contributed by atoms with Crippen LogP contribution in [0.1, 0.15) is 0 Å². The summed E-state index contributed by atoms with van der Waals surface area (Å²) in [6.45, 7) is 0. The van der Waals surface area contributed by atoms with Gasteiger partial charge in [-0.2, -0.15) is 0 Å². The van der Waals surface area contributed by atoms with Gasteiger partial charge in [-0.25, -0.2) is 4.98 Å². The number of anilines is 1. The molecule has 0 radical (unpaired) electrons. The zero-order valence-electron chi connectivity index (χ0n) is 10.1. The fraction of sp³-hybridized carbons (Fsp3) is 0.0714. The Balaban J connectivity index is 2.11. The van der Waals surface area contributed by atoms with Gasteiger partial charge in [-0.1, -0.05) is 23.2 Å². The van der Waals surface area contributed by atoms with E-state index in [2.05, 4.69) is 10.3 Å². The first-order chi connectivity index (χ1) is 9.17. The molecule has 19 heavy (non-hydrogen) atoms. The van der Waals surface area contributed by atoms with E-state index in [9.17, 15) is 0 Å². The fourth-order valence-electron chi connectivity index (χ4n) is 1.84. The van der Waals surface area contributed by atoms with Crippen molar-refractivity contribution in [3.8, 4) is 11.5 Å². The van der Waals surface area contributed by atoms with Crippen molar-refractivity contribution in [3.05, 3.63) is 46.4 Å². The van der Waals surface area contributed by atoms with Crippen LogP contribution in [0.2, 0.25) is 10.0 Å². The average molecular weight is 293 g/mol. The molecule has 0 aliphatic rings. The molecule has 0 aliphatic carbocycles. The van der Waals surface area contributed by atoms with Crippen LogP contribution in [-0.4, -0.2) is 12.0 Å². The molecule has 0 saturated carbocycles. The van der Waals surface area contributed by atoms with Gasteiger partial charge in [0.2, 0.25) is 5.89 Å². The molecule has 0 saturated heterocycles. The summed E-state index contributed by atoms with van der Waals surface area (Å²) in [5.41, 5.74) is 3.33. The zero-order chi connectivity index (χ0) is 13.4. The third-order valence-corrected chi connectivity index (χ3v) is 3.58. The Morgan fingerprint density at radius 2 is 1.89 bits per heavy atom. The van der Waals surface area contributed by atoms with Gasteiger partial charge in [0.05, 0.1) is 10.0 Å². The number of hydrogen-bond acceptors (Lipinski definition) is 3. The van der Waals surface area contributed by atoms with Crippen LogP contribution in [0.15, 0.2) is 40.8 Å². The minimum absolute atomic E-state index is 0.484. The highest BCUT2D eigenvalue weighted by molar-refractivity contribution is 6.42. The smallest absolute Gasteiger partial charge is 0.227 e. The van der Waals surface area contributed by atoms with E-state index in [1.165, 1.54) is 0 Å². The van der Waals surface area contributed by atoms with E-state index in [0.717, 1.165) is 22.4 Å². The first kappa shape index (κ1) is 12.3. The molecule has 0 aliphatic heterocycles. The lowest BCUT2D eigenvalue weighted by Crippen LogP contribution is -1.86. The van der Waals surface area contributed by atoms with Crippen molar-refractivity contribution in [1.82, 2.24) is 4.98 Å². The monoisotopic (exact) mass is 292 g/mol. The number of hydrogen-bond donors (Lipinski definition) is 1. The number of nitrogens with one attached hydrogen (secondary N) is 1. The number of oxazole rings is 1. The van der Waals surface area contributed by atoms with Crippen molar-refractivity contribution in [2.75, 3.05) is 12.4 Å². The van der Waals surface area contributed by atoms with E-state index in [-0.39, 0.29) is 0 Å². The van der Waals surface area contributed by atoms with Gasteiger partial charge < -0.3 is 9.73 Å². The van der Waals surface area contributed by atoms with Gasteiger partial charge in [0.15, 0.2) is 5.58 Å². The molecule has 0 unspecified atom stereocenters. The van der Waals surface area contributed by atoms with Crippen LogP contribution < -0.4 is 5.32 Å². The standard InChI is InChI=1S/C14H10Cl2N2O/c1-17-9-3-5-13-12(7-9)18-14(19-13)8-2-4-10(15)11(16)6-8/h2-7,17H,1H3. The molecule has 5 heteroatoms. The third-order valence-electron chi connectivity index (χ3n) is 2.84. The van der Waals surface area contributed by atoms with Crippen LogP contribution in [0.25, 0.3) is 22.6 Å². The second-order valence-corrected chi connectivity index (χ2v) is 4.89. The number of fused-ring (bicyclic) bond motifs is 1. The van der Waals surface area contributed by atoms with Gasteiger partial charge in [0.25, 0.3) is 0 Å². The maximum Gasteiger partial charge on any atom is 0.227 e. The fourth-order valence-corrected chi connectivity index (χ4v) is 2.13. The lowest BCUT2D eigenvalue weighted by atomic mass is 10.2. The van der Waals surface area contributed by atoms with E-state index in [4.69, 9.17) is 27.6 Å². The Bertz CT molecular complexity index is 752. The Morgan fingerprint density at radius 1 is 1.05 bits per heavy atom.